The summed E-state index contributed by atoms with van der Waals surface area (Å²) in [6.45, 7) is 4.07. The second-order valence-corrected chi connectivity index (χ2v) is 7.63. The van der Waals surface area contributed by atoms with E-state index in [0.29, 0.717) is 5.92 Å². The molecule has 1 saturated heterocycles. The maximum absolute atomic E-state index is 5.37. The van der Waals surface area contributed by atoms with Gasteiger partial charge in [-0.3, -0.25) is 0 Å². The minimum Gasteiger partial charge on any atom is -0.497 e. The molecule has 1 aromatic heterocycles. The number of anilines is 2. The van der Waals surface area contributed by atoms with Crippen molar-refractivity contribution in [1.82, 2.24) is 9.97 Å². The lowest BCUT2D eigenvalue weighted by Gasteiger charge is -2.37. The molecule has 0 atom stereocenters. The Labute approximate surface area is 155 Å². The molecule has 5 rings (SSSR count). The van der Waals surface area contributed by atoms with Crippen molar-refractivity contribution in [2.45, 2.75) is 38.0 Å². The summed E-state index contributed by atoms with van der Waals surface area (Å²) in [6, 6.07) is 8.37. The van der Waals surface area contributed by atoms with Crippen molar-refractivity contribution >= 4 is 11.5 Å². The molecule has 0 unspecified atom stereocenters. The topological polar surface area (TPSA) is 41.5 Å². The van der Waals surface area contributed by atoms with Gasteiger partial charge in [-0.2, -0.15) is 0 Å². The monoisotopic (exact) mass is 350 g/mol. The van der Waals surface area contributed by atoms with Gasteiger partial charge < -0.3 is 14.5 Å². The zero-order valence-electron chi connectivity index (χ0n) is 15.4. The van der Waals surface area contributed by atoms with Crippen LogP contribution in [-0.2, 0) is 12.8 Å². The fourth-order valence-electron chi connectivity index (χ4n) is 4.20. The average molecular weight is 350 g/mol. The fourth-order valence-corrected chi connectivity index (χ4v) is 4.20. The van der Waals surface area contributed by atoms with E-state index in [1.165, 1.54) is 42.0 Å². The van der Waals surface area contributed by atoms with E-state index in [1.807, 2.05) is 6.07 Å². The predicted octanol–water partition coefficient (Wildman–Crippen LogP) is 3.18. The Balaban J connectivity index is 1.35. The lowest BCUT2D eigenvalue weighted by atomic mass is 10.2. The molecular weight excluding hydrogens is 324 g/mol. The molecule has 2 heterocycles. The van der Waals surface area contributed by atoms with E-state index >= 15 is 0 Å². The number of aromatic nitrogens is 2. The van der Waals surface area contributed by atoms with Crippen LogP contribution in [-0.4, -0.2) is 43.3 Å². The van der Waals surface area contributed by atoms with Crippen LogP contribution in [0.15, 0.2) is 24.3 Å². The molecule has 1 aromatic carbocycles. The first kappa shape index (κ1) is 15.9. The maximum atomic E-state index is 5.37. The number of fused-ring (bicyclic) bond motifs is 1. The van der Waals surface area contributed by atoms with Crippen LogP contribution < -0.4 is 14.5 Å². The highest BCUT2D eigenvalue weighted by atomic mass is 16.5. The largest absolute Gasteiger partial charge is 0.497 e. The third-order valence-corrected chi connectivity index (χ3v) is 5.87. The van der Waals surface area contributed by atoms with E-state index in [2.05, 4.69) is 28.0 Å². The molecule has 0 amide bonds. The SMILES string of the molecule is COc1cccc(N2CCN(c3nc(C4CC4)nc4c3CCC4)CC2)c1. The summed E-state index contributed by atoms with van der Waals surface area (Å²) in [5, 5.41) is 0. The van der Waals surface area contributed by atoms with Gasteiger partial charge >= 0.3 is 0 Å². The van der Waals surface area contributed by atoms with Gasteiger partial charge in [-0.05, 0) is 44.2 Å². The Morgan fingerprint density at radius 3 is 2.58 bits per heavy atom. The van der Waals surface area contributed by atoms with E-state index in [0.717, 1.165) is 50.6 Å². The molecule has 0 spiro atoms. The summed E-state index contributed by atoms with van der Waals surface area (Å²) in [5.74, 6) is 3.89. The molecule has 0 bridgehead atoms. The molecule has 1 aliphatic heterocycles. The van der Waals surface area contributed by atoms with Crippen molar-refractivity contribution in [2.24, 2.45) is 0 Å². The molecule has 5 nitrogen and oxygen atoms in total. The first-order valence-electron chi connectivity index (χ1n) is 9.85. The highest BCUT2D eigenvalue weighted by molar-refractivity contribution is 5.55. The number of hydrogen-bond acceptors (Lipinski definition) is 5. The molecule has 5 heteroatoms. The van der Waals surface area contributed by atoms with Gasteiger partial charge in [-0.1, -0.05) is 6.07 Å². The molecule has 0 N–H and O–H groups in total. The smallest absolute Gasteiger partial charge is 0.135 e. The standard InChI is InChI=1S/C21H26N4O/c1-26-17-5-2-4-16(14-17)24-10-12-25(13-11-24)21-18-6-3-7-19(18)22-20(23-21)15-8-9-15/h2,4-5,14-15H,3,6-13H2,1H3. The number of nitrogens with zero attached hydrogens (tertiary/aromatic N) is 4. The molecule has 2 aromatic rings. The Bertz CT molecular complexity index is 810. The highest BCUT2D eigenvalue weighted by Crippen LogP contribution is 2.40. The van der Waals surface area contributed by atoms with E-state index in [9.17, 15) is 0 Å². The van der Waals surface area contributed by atoms with Crippen LogP contribution in [0.1, 0.15) is 42.3 Å². The van der Waals surface area contributed by atoms with Crippen LogP contribution in [0.25, 0.3) is 0 Å². The summed E-state index contributed by atoms with van der Waals surface area (Å²) in [7, 11) is 1.73. The van der Waals surface area contributed by atoms with Crippen molar-refractivity contribution in [2.75, 3.05) is 43.1 Å². The van der Waals surface area contributed by atoms with E-state index in [-0.39, 0.29) is 0 Å². The van der Waals surface area contributed by atoms with E-state index < -0.39 is 0 Å². The Morgan fingerprint density at radius 2 is 1.81 bits per heavy atom. The van der Waals surface area contributed by atoms with Crippen molar-refractivity contribution in [3.8, 4) is 5.75 Å². The van der Waals surface area contributed by atoms with Crippen molar-refractivity contribution in [3.05, 3.63) is 41.3 Å². The van der Waals surface area contributed by atoms with Crippen molar-refractivity contribution in [1.29, 1.82) is 0 Å². The number of piperazine rings is 1. The Hall–Kier alpha value is -2.30. The average Bonchev–Trinajstić information content (AvgIpc) is 3.45. The van der Waals surface area contributed by atoms with Gasteiger partial charge in [0.25, 0.3) is 0 Å². The number of aryl methyl sites for hydroxylation is 1. The van der Waals surface area contributed by atoms with E-state index in [1.54, 1.807) is 7.11 Å². The number of rotatable bonds is 4. The third kappa shape index (κ3) is 2.89. The molecule has 2 fully saturated rings. The van der Waals surface area contributed by atoms with Gasteiger partial charge in [0.1, 0.15) is 17.4 Å². The summed E-state index contributed by atoms with van der Waals surface area (Å²) in [5.41, 5.74) is 3.99. The van der Waals surface area contributed by atoms with Gasteiger partial charge in [0, 0.05) is 55.1 Å². The first-order valence-corrected chi connectivity index (χ1v) is 9.85. The zero-order valence-corrected chi connectivity index (χ0v) is 15.4. The normalized spacial score (nSPS) is 19.6. The van der Waals surface area contributed by atoms with Crippen molar-refractivity contribution < 1.29 is 4.74 Å². The second kappa shape index (κ2) is 6.45. The summed E-state index contributed by atoms with van der Waals surface area (Å²) >= 11 is 0. The van der Waals surface area contributed by atoms with Crippen molar-refractivity contribution in [3.63, 3.8) is 0 Å². The van der Waals surface area contributed by atoms with Crippen LogP contribution in [0, 0.1) is 0 Å². The molecule has 0 radical (unpaired) electrons. The highest BCUT2D eigenvalue weighted by Gasteiger charge is 2.31. The van der Waals surface area contributed by atoms with Crippen LogP contribution in [0.5, 0.6) is 5.75 Å². The molecule has 2 aliphatic carbocycles. The summed E-state index contributed by atoms with van der Waals surface area (Å²) in [4.78, 5) is 14.9. The third-order valence-electron chi connectivity index (χ3n) is 5.87. The minimum atomic E-state index is 0.623. The van der Waals surface area contributed by atoms with Crippen LogP contribution in [0.3, 0.4) is 0 Å². The van der Waals surface area contributed by atoms with Crippen LogP contribution >= 0.6 is 0 Å². The second-order valence-electron chi connectivity index (χ2n) is 7.63. The number of ether oxygens (including phenoxy) is 1. The van der Waals surface area contributed by atoms with Gasteiger partial charge in [-0.15, -0.1) is 0 Å². The fraction of sp³-hybridized carbons (Fsp3) is 0.524. The maximum Gasteiger partial charge on any atom is 0.135 e. The lowest BCUT2D eigenvalue weighted by Crippen LogP contribution is -2.47. The molecule has 3 aliphatic rings. The van der Waals surface area contributed by atoms with Gasteiger partial charge in [0.15, 0.2) is 0 Å². The molecule has 1 saturated carbocycles. The van der Waals surface area contributed by atoms with Gasteiger partial charge in [0.05, 0.1) is 7.11 Å². The summed E-state index contributed by atoms with van der Waals surface area (Å²) < 4.78 is 5.37. The van der Waals surface area contributed by atoms with Gasteiger partial charge in [-0.25, -0.2) is 9.97 Å². The summed E-state index contributed by atoms with van der Waals surface area (Å²) in [6.07, 6.45) is 6.04. The lowest BCUT2D eigenvalue weighted by molar-refractivity contribution is 0.414. The Morgan fingerprint density at radius 1 is 1.00 bits per heavy atom. The number of hydrogen-bond donors (Lipinski definition) is 0. The Kier molecular flexibility index (Phi) is 3.95. The van der Waals surface area contributed by atoms with E-state index in [4.69, 9.17) is 14.7 Å². The quantitative estimate of drug-likeness (QED) is 0.847. The number of methoxy groups -OCH3 is 1. The minimum absolute atomic E-state index is 0.623. The number of benzene rings is 1. The molecule has 136 valence electrons. The molecular formula is C21H26N4O. The van der Waals surface area contributed by atoms with Crippen LogP contribution in [0.2, 0.25) is 0 Å². The zero-order chi connectivity index (χ0) is 17.5. The van der Waals surface area contributed by atoms with Gasteiger partial charge in [0.2, 0.25) is 0 Å². The molecule has 26 heavy (non-hydrogen) atoms. The van der Waals surface area contributed by atoms with Crippen LogP contribution in [0.4, 0.5) is 11.5 Å². The first-order chi connectivity index (χ1) is 12.8. The predicted molar refractivity (Wildman–Crippen MR) is 103 cm³/mol.